The molecule has 0 saturated carbocycles. The lowest BCUT2D eigenvalue weighted by atomic mass is 10.1. The minimum absolute atomic E-state index is 0.0476. The van der Waals surface area contributed by atoms with Crippen molar-refractivity contribution in [2.75, 3.05) is 19.4 Å². The maximum atomic E-state index is 13.4. The number of methoxy groups -OCH3 is 1. The molecule has 0 aliphatic carbocycles. The molecule has 0 radical (unpaired) electrons. The molecule has 1 aliphatic heterocycles. The smallest absolute Gasteiger partial charge is 0.266 e. The van der Waals surface area contributed by atoms with Crippen molar-refractivity contribution < 1.29 is 9.53 Å². The first-order valence-corrected chi connectivity index (χ1v) is 12.1. The summed E-state index contributed by atoms with van der Waals surface area (Å²) in [5, 5.41) is 3.11. The summed E-state index contributed by atoms with van der Waals surface area (Å²) in [6.45, 7) is 1.37. The predicted octanol–water partition coefficient (Wildman–Crippen LogP) is 4.13. The molecule has 0 bridgehead atoms. The molecular weight excluding hydrogens is 442 g/mol. The van der Waals surface area contributed by atoms with Crippen molar-refractivity contribution in [2.45, 2.75) is 18.1 Å². The molecule has 6 nitrogen and oxygen atoms in total. The standard InChI is InChI=1S/C24H21N3O3S2/c1-30-18-6-4-5-17(13-18)27-23(29)19-7-2-3-8-20(19)25-24(27)32-15-22(28)26-11-9-21-16(14-26)10-12-31-21/h2-8,10,12-13H,9,11,14-15H2,1H3. The number of ether oxygens (including phenoxy) is 1. The Morgan fingerprint density at radius 3 is 2.94 bits per heavy atom. The zero-order chi connectivity index (χ0) is 22.1. The second kappa shape index (κ2) is 8.80. The van der Waals surface area contributed by atoms with Crippen molar-refractivity contribution in [1.82, 2.24) is 14.5 Å². The van der Waals surface area contributed by atoms with Crippen molar-refractivity contribution in [1.29, 1.82) is 0 Å². The number of benzene rings is 2. The molecular formula is C24H21N3O3S2. The van der Waals surface area contributed by atoms with Crippen LogP contribution in [-0.2, 0) is 17.8 Å². The number of para-hydroxylation sites is 1. The number of carbonyl (C=O) groups excluding carboxylic acids is 1. The Labute approximate surface area is 193 Å². The molecule has 1 aliphatic rings. The second-order valence-corrected chi connectivity index (χ2v) is 9.42. The molecule has 0 saturated heterocycles. The fourth-order valence-corrected chi connectivity index (χ4v) is 5.67. The van der Waals surface area contributed by atoms with E-state index in [1.807, 2.05) is 41.3 Å². The molecule has 3 heterocycles. The number of hydrogen-bond acceptors (Lipinski definition) is 6. The van der Waals surface area contributed by atoms with Gasteiger partial charge in [-0.25, -0.2) is 4.98 Å². The Bertz CT molecular complexity index is 1360. The maximum Gasteiger partial charge on any atom is 0.266 e. The van der Waals surface area contributed by atoms with Crippen LogP contribution in [0, 0.1) is 0 Å². The van der Waals surface area contributed by atoms with Gasteiger partial charge in [-0.1, -0.05) is 30.0 Å². The first kappa shape index (κ1) is 20.8. The highest BCUT2D eigenvalue weighted by Gasteiger charge is 2.22. The monoisotopic (exact) mass is 463 g/mol. The summed E-state index contributed by atoms with van der Waals surface area (Å²) in [6, 6.07) is 16.7. The summed E-state index contributed by atoms with van der Waals surface area (Å²) in [5.74, 6) is 0.912. The van der Waals surface area contributed by atoms with Crippen LogP contribution in [0.3, 0.4) is 0 Å². The molecule has 2 aromatic heterocycles. The Morgan fingerprint density at radius 2 is 2.06 bits per heavy atom. The number of thioether (sulfide) groups is 1. The minimum Gasteiger partial charge on any atom is -0.497 e. The summed E-state index contributed by atoms with van der Waals surface area (Å²) in [6.07, 6.45) is 0.895. The van der Waals surface area contributed by atoms with E-state index in [4.69, 9.17) is 9.72 Å². The number of amides is 1. The Kier molecular flexibility index (Phi) is 5.71. The first-order chi connectivity index (χ1) is 15.6. The van der Waals surface area contributed by atoms with Crippen LogP contribution >= 0.6 is 23.1 Å². The maximum absolute atomic E-state index is 13.4. The molecule has 8 heteroatoms. The van der Waals surface area contributed by atoms with Crippen LogP contribution in [0.15, 0.2) is 69.9 Å². The van der Waals surface area contributed by atoms with Crippen molar-refractivity contribution in [3.63, 3.8) is 0 Å². The summed E-state index contributed by atoms with van der Waals surface area (Å²) in [7, 11) is 1.59. The Balaban J connectivity index is 1.47. The number of nitrogens with zero attached hydrogens (tertiary/aromatic N) is 3. The largest absolute Gasteiger partial charge is 0.497 e. The van der Waals surface area contributed by atoms with Gasteiger partial charge in [0.15, 0.2) is 5.16 Å². The van der Waals surface area contributed by atoms with E-state index in [1.165, 1.54) is 22.2 Å². The highest BCUT2D eigenvalue weighted by atomic mass is 32.2. The van der Waals surface area contributed by atoms with E-state index in [0.29, 0.717) is 34.0 Å². The Morgan fingerprint density at radius 1 is 1.19 bits per heavy atom. The average Bonchev–Trinajstić information content (AvgIpc) is 3.30. The van der Waals surface area contributed by atoms with Gasteiger partial charge in [0.05, 0.1) is 29.5 Å². The van der Waals surface area contributed by atoms with Crippen molar-refractivity contribution in [2.24, 2.45) is 0 Å². The molecule has 1 amide bonds. The van der Waals surface area contributed by atoms with Gasteiger partial charge >= 0.3 is 0 Å². The SMILES string of the molecule is COc1cccc(-n2c(SCC(=O)N3CCc4sccc4C3)nc3ccccc3c2=O)c1. The lowest BCUT2D eigenvalue weighted by molar-refractivity contribution is -0.129. The predicted molar refractivity (Wildman–Crippen MR) is 128 cm³/mol. The zero-order valence-electron chi connectivity index (χ0n) is 17.5. The van der Waals surface area contributed by atoms with Gasteiger partial charge in [0, 0.05) is 24.0 Å². The molecule has 0 N–H and O–H groups in total. The van der Waals surface area contributed by atoms with Crippen LogP contribution in [0.1, 0.15) is 10.4 Å². The van der Waals surface area contributed by atoms with Crippen LogP contribution in [0.25, 0.3) is 16.6 Å². The van der Waals surface area contributed by atoms with E-state index in [0.717, 1.165) is 13.0 Å². The van der Waals surface area contributed by atoms with Gasteiger partial charge in [-0.15, -0.1) is 11.3 Å². The minimum atomic E-state index is -0.167. The lowest BCUT2D eigenvalue weighted by Crippen LogP contribution is -2.36. The number of rotatable bonds is 5. The fraction of sp³-hybridized carbons (Fsp3) is 0.208. The van der Waals surface area contributed by atoms with Gasteiger partial charge < -0.3 is 9.64 Å². The quantitative estimate of drug-likeness (QED) is 0.329. The zero-order valence-corrected chi connectivity index (χ0v) is 19.1. The van der Waals surface area contributed by atoms with E-state index >= 15 is 0 Å². The van der Waals surface area contributed by atoms with E-state index in [-0.39, 0.29) is 17.2 Å². The number of thiophene rings is 1. The summed E-state index contributed by atoms with van der Waals surface area (Å²) < 4.78 is 6.91. The number of fused-ring (bicyclic) bond motifs is 2. The van der Waals surface area contributed by atoms with E-state index in [9.17, 15) is 9.59 Å². The molecule has 32 heavy (non-hydrogen) atoms. The van der Waals surface area contributed by atoms with Crippen molar-refractivity contribution in [3.8, 4) is 11.4 Å². The van der Waals surface area contributed by atoms with Crippen LogP contribution in [0.2, 0.25) is 0 Å². The van der Waals surface area contributed by atoms with Gasteiger partial charge in [-0.3, -0.25) is 14.2 Å². The van der Waals surface area contributed by atoms with Crippen LogP contribution < -0.4 is 10.3 Å². The molecule has 0 unspecified atom stereocenters. The van der Waals surface area contributed by atoms with Crippen molar-refractivity contribution >= 4 is 39.9 Å². The van der Waals surface area contributed by atoms with Gasteiger partial charge in [0.2, 0.25) is 5.91 Å². The molecule has 0 fully saturated rings. The highest BCUT2D eigenvalue weighted by molar-refractivity contribution is 7.99. The fourth-order valence-electron chi connectivity index (χ4n) is 3.87. The van der Waals surface area contributed by atoms with Crippen LogP contribution in [0.4, 0.5) is 0 Å². The number of carbonyl (C=O) groups is 1. The summed E-state index contributed by atoms with van der Waals surface area (Å²) in [5.41, 5.74) is 2.34. The number of aromatic nitrogens is 2. The molecule has 0 spiro atoms. The van der Waals surface area contributed by atoms with Gasteiger partial charge in [-0.2, -0.15) is 0 Å². The van der Waals surface area contributed by atoms with Gasteiger partial charge in [0.1, 0.15) is 5.75 Å². The molecule has 5 rings (SSSR count). The van der Waals surface area contributed by atoms with E-state index < -0.39 is 0 Å². The molecule has 0 atom stereocenters. The molecule has 162 valence electrons. The first-order valence-electron chi connectivity index (χ1n) is 10.3. The molecule has 4 aromatic rings. The second-order valence-electron chi connectivity index (χ2n) is 7.48. The Hall–Kier alpha value is -3.10. The third-order valence-electron chi connectivity index (χ3n) is 5.54. The van der Waals surface area contributed by atoms with Gasteiger partial charge in [-0.05, 0) is 47.7 Å². The number of hydrogen-bond donors (Lipinski definition) is 0. The normalized spacial score (nSPS) is 13.2. The lowest BCUT2D eigenvalue weighted by Gasteiger charge is -2.27. The van der Waals surface area contributed by atoms with E-state index in [1.54, 1.807) is 35.1 Å². The van der Waals surface area contributed by atoms with Gasteiger partial charge in [0.25, 0.3) is 5.56 Å². The third-order valence-corrected chi connectivity index (χ3v) is 7.49. The van der Waals surface area contributed by atoms with Crippen LogP contribution in [-0.4, -0.2) is 39.8 Å². The highest BCUT2D eigenvalue weighted by Crippen LogP contribution is 2.27. The summed E-state index contributed by atoms with van der Waals surface area (Å²) >= 11 is 3.04. The average molecular weight is 464 g/mol. The summed E-state index contributed by atoms with van der Waals surface area (Å²) in [4.78, 5) is 34.3. The van der Waals surface area contributed by atoms with Crippen molar-refractivity contribution in [3.05, 3.63) is 80.8 Å². The topological polar surface area (TPSA) is 64.4 Å². The molecule has 2 aromatic carbocycles. The third kappa shape index (κ3) is 3.91. The van der Waals surface area contributed by atoms with E-state index in [2.05, 4.69) is 11.4 Å². The van der Waals surface area contributed by atoms with Crippen LogP contribution in [0.5, 0.6) is 5.75 Å².